The Morgan fingerprint density at radius 3 is 2.27 bits per heavy atom. The lowest BCUT2D eigenvalue weighted by Gasteiger charge is -2.19. The first-order chi connectivity index (χ1) is 16.0. The minimum Gasteiger partial charge on any atom is -0.476 e. The van der Waals surface area contributed by atoms with Gasteiger partial charge in [-0.25, -0.2) is 14.6 Å². The van der Waals surface area contributed by atoms with Gasteiger partial charge < -0.3 is 20.5 Å². The van der Waals surface area contributed by atoms with Crippen LogP contribution in [-0.2, 0) is 16.1 Å². The first kappa shape index (κ1) is 21.1. The monoisotopic (exact) mass is 463 g/mol. The number of rotatable bonds is 7. The number of hydrogen-bond acceptors (Lipinski definition) is 6. The van der Waals surface area contributed by atoms with Crippen LogP contribution >= 0.6 is 11.3 Å². The topological polar surface area (TPSA) is 118 Å². The lowest BCUT2D eigenvalue weighted by atomic mass is 9.98. The van der Waals surface area contributed by atoms with Crippen molar-refractivity contribution in [3.8, 4) is 11.1 Å². The van der Waals surface area contributed by atoms with Gasteiger partial charge in [0, 0.05) is 11.3 Å². The number of benzene rings is 2. The average Bonchev–Trinajstić information content (AvgIpc) is 3.31. The number of hydrogen-bond donors (Lipinski definition) is 3. The Morgan fingerprint density at radius 1 is 1.06 bits per heavy atom. The highest BCUT2D eigenvalue weighted by Gasteiger charge is 2.51. The number of amides is 2. The minimum absolute atomic E-state index is 0.0536. The summed E-state index contributed by atoms with van der Waals surface area (Å²) >= 11 is 1.16. The maximum absolute atomic E-state index is 12.6. The molecule has 1 heterocycles. The van der Waals surface area contributed by atoms with Gasteiger partial charge in [-0.2, -0.15) is 0 Å². The second-order valence-electron chi connectivity index (χ2n) is 8.15. The molecule has 2 aliphatic rings. The quantitative estimate of drug-likeness (QED) is 0.493. The number of nitrogens with zero attached hydrogens (tertiary/aromatic N) is 1. The van der Waals surface area contributed by atoms with E-state index in [1.807, 2.05) is 36.4 Å². The van der Waals surface area contributed by atoms with E-state index < -0.39 is 17.6 Å². The van der Waals surface area contributed by atoms with Gasteiger partial charge in [-0.1, -0.05) is 48.5 Å². The summed E-state index contributed by atoms with van der Waals surface area (Å²) in [5.41, 5.74) is 3.49. The zero-order chi connectivity index (χ0) is 23.0. The smallest absolute Gasteiger partial charge is 0.408 e. The van der Waals surface area contributed by atoms with Crippen LogP contribution in [0, 0.1) is 0 Å². The number of thiazole rings is 1. The maximum atomic E-state index is 12.6. The third kappa shape index (κ3) is 4.07. The highest BCUT2D eigenvalue weighted by molar-refractivity contribution is 7.09. The average molecular weight is 464 g/mol. The molecule has 0 unspecified atom stereocenters. The van der Waals surface area contributed by atoms with Gasteiger partial charge in [0.05, 0.1) is 6.54 Å². The van der Waals surface area contributed by atoms with Crippen LogP contribution in [-0.4, -0.2) is 40.2 Å². The van der Waals surface area contributed by atoms with Gasteiger partial charge in [0.1, 0.15) is 17.2 Å². The van der Waals surface area contributed by atoms with Crippen molar-refractivity contribution in [1.29, 1.82) is 0 Å². The molecule has 2 aromatic carbocycles. The molecule has 0 atom stereocenters. The number of ether oxygens (including phenoxy) is 1. The van der Waals surface area contributed by atoms with Crippen molar-refractivity contribution in [2.45, 2.75) is 30.8 Å². The van der Waals surface area contributed by atoms with Crippen molar-refractivity contribution < 1.29 is 24.2 Å². The molecule has 168 valence electrons. The van der Waals surface area contributed by atoms with E-state index in [9.17, 15) is 14.4 Å². The summed E-state index contributed by atoms with van der Waals surface area (Å²) in [6, 6.07) is 16.2. The number of alkyl carbamates (subject to hydrolysis) is 1. The number of carbonyl (C=O) groups excluding carboxylic acids is 2. The van der Waals surface area contributed by atoms with E-state index >= 15 is 0 Å². The molecular weight excluding hydrogens is 442 g/mol. The number of carboxylic acid groups (broad SMARTS) is 1. The van der Waals surface area contributed by atoms with E-state index in [2.05, 4.69) is 27.8 Å². The molecule has 0 bridgehead atoms. The molecule has 3 aromatic rings. The molecule has 9 heteroatoms. The number of carboxylic acids is 1. The fourth-order valence-electron chi connectivity index (χ4n) is 4.18. The van der Waals surface area contributed by atoms with Crippen LogP contribution in [0.2, 0.25) is 0 Å². The number of fused-ring (bicyclic) bond motifs is 3. The predicted octanol–water partition coefficient (Wildman–Crippen LogP) is 3.53. The maximum Gasteiger partial charge on any atom is 0.408 e. The highest BCUT2D eigenvalue weighted by Crippen LogP contribution is 2.44. The third-order valence-electron chi connectivity index (χ3n) is 6.04. The fourth-order valence-corrected chi connectivity index (χ4v) is 4.89. The highest BCUT2D eigenvalue weighted by atomic mass is 32.1. The van der Waals surface area contributed by atoms with Crippen LogP contribution in [0.25, 0.3) is 11.1 Å². The Bertz CT molecular complexity index is 1200. The molecule has 1 saturated carbocycles. The first-order valence-electron chi connectivity index (χ1n) is 10.6. The fraction of sp³-hybridized carbons (Fsp3) is 0.250. The molecule has 1 aromatic heterocycles. The Morgan fingerprint density at radius 2 is 1.70 bits per heavy atom. The van der Waals surface area contributed by atoms with Crippen LogP contribution < -0.4 is 10.6 Å². The van der Waals surface area contributed by atoms with Crippen LogP contribution in [0.15, 0.2) is 53.9 Å². The summed E-state index contributed by atoms with van der Waals surface area (Å²) < 4.78 is 5.55. The molecule has 3 N–H and O–H groups in total. The van der Waals surface area contributed by atoms with Gasteiger partial charge in [-0.15, -0.1) is 11.3 Å². The van der Waals surface area contributed by atoms with Crippen molar-refractivity contribution in [3.63, 3.8) is 0 Å². The number of aromatic carboxylic acids is 1. The van der Waals surface area contributed by atoms with Crippen LogP contribution in [0.1, 0.15) is 45.4 Å². The Balaban J connectivity index is 1.18. The lowest BCUT2D eigenvalue weighted by molar-refractivity contribution is -0.124. The minimum atomic E-state index is -1.11. The van der Waals surface area contributed by atoms with Gasteiger partial charge >= 0.3 is 12.1 Å². The largest absolute Gasteiger partial charge is 0.476 e. The third-order valence-corrected chi connectivity index (χ3v) is 6.89. The molecular formula is C24H21N3O5S. The van der Waals surface area contributed by atoms with Crippen LogP contribution in [0.4, 0.5) is 4.79 Å². The number of aromatic nitrogens is 1. The summed E-state index contributed by atoms with van der Waals surface area (Å²) in [4.78, 5) is 40.1. The van der Waals surface area contributed by atoms with Crippen molar-refractivity contribution in [3.05, 3.63) is 75.7 Å². The SMILES string of the molecule is O=C(NC1(C(=O)NCc2nc(C(=O)O)cs2)CC1)OCC1c2ccccc2-c2ccccc21. The van der Waals surface area contributed by atoms with E-state index in [4.69, 9.17) is 9.84 Å². The van der Waals surface area contributed by atoms with E-state index in [-0.39, 0.29) is 30.7 Å². The number of nitrogens with one attached hydrogen (secondary N) is 2. The molecule has 2 amide bonds. The van der Waals surface area contributed by atoms with Gasteiger partial charge in [-0.05, 0) is 35.1 Å². The predicted molar refractivity (Wildman–Crippen MR) is 121 cm³/mol. The number of carbonyl (C=O) groups is 3. The van der Waals surface area contributed by atoms with E-state index in [0.29, 0.717) is 17.8 Å². The molecule has 8 nitrogen and oxygen atoms in total. The van der Waals surface area contributed by atoms with Gasteiger partial charge in [0.2, 0.25) is 5.91 Å². The summed E-state index contributed by atoms with van der Waals surface area (Å²) in [7, 11) is 0. The van der Waals surface area contributed by atoms with Gasteiger partial charge in [0.25, 0.3) is 0 Å². The van der Waals surface area contributed by atoms with Gasteiger partial charge in [-0.3, -0.25) is 4.79 Å². The molecule has 2 aliphatic carbocycles. The Kier molecular flexibility index (Phi) is 5.33. The van der Waals surface area contributed by atoms with Crippen LogP contribution in [0.3, 0.4) is 0 Å². The summed E-state index contributed by atoms with van der Waals surface area (Å²) in [5, 5.41) is 16.3. The van der Waals surface area contributed by atoms with Crippen LogP contribution in [0.5, 0.6) is 0 Å². The van der Waals surface area contributed by atoms with E-state index in [1.54, 1.807) is 0 Å². The first-order valence-corrected chi connectivity index (χ1v) is 11.4. The standard InChI is InChI=1S/C24H21N3O5S/c28-21(29)19-13-33-20(26-19)11-25-22(30)24(9-10-24)27-23(31)32-12-18-16-7-3-1-5-14(16)15-6-2-4-8-17(15)18/h1-8,13,18H,9-12H2,(H,25,30)(H,27,31)(H,28,29). The van der Waals surface area contributed by atoms with E-state index in [0.717, 1.165) is 33.6 Å². The normalized spacial score (nSPS) is 15.3. The van der Waals surface area contributed by atoms with Crippen molar-refractivity contribution in [2.75, 3.05) is 6.61 Å². The second-order valence-corrected chi connectivity index (χ2v) is 9.09. The Hall–Kier alpha value is -3.72. The van der Waals surface area contributed by atoms with Crippen molar-refractivity contribution >= 4 is 29.3 Å². The zero-order valence-electron chi connectivity index (χ0n) is 17.5. The van der Waals surface area contributed by atoms with Gasteiger partial charge in [0.15, 0.2) is 5.69 Å². The summed E-state index contributed by atoms with van der Waals surface area (Å²) in [6.45, 7) is 0.277. The van der Waals surface area contributed by atoms with E-state index in [1.165, 1.54) is 5.38 Å². The summed E-state index contributed by atoms with van der Waals surface area (Å²) in [6.07, 6.45) is 0.398. The molecule has 0 aliphatic heterocycles. The Labute approximate surface area is 193 Å². The molecule has 33 heavy (non-hydrogen) atoms. The van der Waals surface area contributed by atoms with Crippen molar-refractivity contribution in [1.82, 2.24) is 15.6 Å². The molecule has 0 spiro atoms. The van der Waals surface area contributed by atoms with Crippen molar-refractivity contribution in [2.24, 2.45) is 0 Å². The second kappa shape index (κ2) is 8.32. The zero-order valence-corrected chi connectivity index (χ0v) is 18.4. The summed E-state index contributed by atoms with van der Waals surface area (Å²) in [5.74, 6) is -1.50. The molecule has 1 fully saturated rings. The molecule has 5 rings (SSSR count). The lowest BCUT2D eigenvalue weighted by Crippen LogP contribution is -2.49. The molecule has 0 saturated heterocycles. The molecule has 0 radical (unpaired) electrons.